The second-order valence-electron chi connectivity index (χ2n) is 4.98. The Morgan fingerprint density at radius 2 is 2.14 bits per heavy atom. The van der Waals surface area contributed by atoms with Gasteiger partial charge in [0, 0.05) is 39.7 Å². The summed E-state index contributed by atoms with van der Waals surface area (Å²) in [6, 6.07) is 1.78. The average molecular weight is 294 g/mol. The normalized spacial score (nSPS) is 18.8. The van der Waals surface area contributed by atoms with Gasteiger partial charge in [0.25, 0.3) is 0 Å². The molecule has 2 heterocycles. The number of nitrogens with zero attached hydrogens (tertiary/aromatic N) is 3. The molecule has 1 unspecified atom stereocenters. The standard InChI is InChI=1S/C14H22N4O3/c1-20-12(21-2)9-17-13(19)11-5-3-8-18(10-11)14-15-6-4-7-16-14/h4,6-7,11-12H,3,5,8-10H2,1-2H3,(H,17,19). The molecule has 0 bridgehead atoms. The van der Waals surface area contributed by atoms with Crippen molar-refractivity contribution in [2.24, 2.45) is 5.92 Å². The van der Waals surface area contributed by atoms with Crippen molar-refractivity contribution in [3.63, 3.8) is 0 Å². The predicted octanol–water partition coefficient (Wildman–Crippen LogP) is 0.428. The van der Waals surface area contributed by atoms with Crippen LogP contribution in [0.3, 0.4) is 0 Å². The number of hydrogen-bond donors (Lipinski definition) is 1. The molecule has 1 amide bonds. The molecule has 1 aliphatic heterocycles. The van der Waals surface area contributed by atoms with Gasteiger partial charge in [-0.15, -0.1) is 0 Å². The number of piperidine rings is 1. The lowest BCUT2D eigenvalue weighted by Gasteiger charge is -2.32. The van der Waals surface area contributed by atoms with Crippen molar-refractivity contribution >= 4 is 11.9 Å². The minimum atomic E-state index is -0.411. The number of anilines is 1. The van der Waals surface area contributed by atoms with Gasteiger partial charge in [-0.1, -0.05) is 0 Å². The molecule has 0 radical (unpaired) electrons. The largest absolute Gasteiger partial charge is 0.354 e. The fraction of sp³-hybridized carbons (Fsp3) is 0.643. The molecule has 0 aromatic carbocycles. The smallest absolute Gasteiger partial charge is 0.225 e. The third-order valence-corrected chi connectivity index (χ3v) is 3.60. The number of nitrogens with one attached hydrogen (secondary N) is 1. The lowest BCUT2D eigenvalue weighted by Crippen LogP contribution is -2.45. The molecule has 0 saturated carbocycles. The van der Waals surface area contributed by atoms with Gasteiger partial charge in [-0.25, -0.2) is 9.97 Å². The zero-order chi connectivity index (χ0) is 15.1. The molecule has 0 aliphatic carbocycles. The minimum absolute atomic E-state index is 0.0229. The quantitative estimate of drug-likeness (QED) is 0.767. The number of carbonyl (C=O) groups excluding carboxylic acids is 1. The van der Waals surface area contributed by atoms with Gasteiger partial charge in [0.05, 0.1) is 12.5 Å². The first-order valence-corrected chi connectivity index (χ1v) is 7.10. The van der Waals surface area contributed by atoms with E-state index in [1.807, 2.05) is 0 Å². The van der Waals surface area contributed by atoms with Crippen LogP contribution >= 0.6 is 0 Å². The van der Waals surface area contributed by atoms with Gasteiger partial charge in [0.1, 0.15) is 0 Å². The highest BCUT2D eigenvalue weighted by Gasteiger charge is 2.27. The fourth-order valence-corrected chi connectivity index (χ4v) is 2.42. The third-order valence-electron chi connectivity index (χ3n) is 3.60. The number of ether oxygens (including phenoxy) is 2. The van der Waals surface area contributed by atoms with E-state index in [2.05, 4.69) is 20.2 Å². The number of hydrogen-bond acceptors (Lipinski definition) is 6. The molecule has 1 aliphatic rings. The molecule has 21 heavy (non-hydrogen) atoms. The van der Waals surface area contributed by atoms with Gasteiger partial charge < -0.3 is 19.7 Å². The molecule has 116 valence electrons. The van der Waals surface area contributed by atoms with Gasteiger partial charge in [-0.05, 0) is 18.9 Å². The van der Waals surface area contributed by atoms with Crippen LogP contribution in [-0.2, 0) is 14.3 Å². The van der Waals surface area contributed by atoms with Gasteiger partial charge in [0.2, 0.25) is 11.9 Å². The topological polar surface area (TPSA) is 76.6 Å². The molecule has 1 saturated heterocycles. The number of methoxy groups -OCH3 is 2. The summed E-state index contributed by atoms with van der Waals surface area (Å²) in [6.07, 6.45) is 4.85. The Morgan fingerprint density at radius 3 is 2.81 bits per heavy atom. The van der Waals surface area contributed by atoms with E-state index < -0.39 is 6.29 Å². The van der Waals surface area contributed by atoms with Crippen molar-refractivity contribution in [3.05, 3.63) is 18.5 Å². The molecular formula is C14H22N4O3. The SMILES string of the molecule is COC(CNC(=O)C1CCCN(c2ncccn2)C1)OC. The van der Waals surface area contributed by atoms with Crippen LogP contribution in [0.2, 0.25) is 0 Å². The van der Waals surface area contributed by atoms with Crippen LogP contribution in [0.15, 0.2) is 18.5 Å². The molecule has 2 rings (SSSR count). The maximum absolute atomic E-state index is 12.2. The Balaban J connectivity index is 1.87. The van der Waals surface area contributed by atoms with Crippen LogP contribution in [0.4, 0.5) is 5.95 Å². The Hall–Kier alpha value is -1.73. The lowest BCUT2D eigenvalue weighted by molar-refractivity contribution is -0.131. The van der Waals surface area contributed by atoms with Gasteiger partial charge >= 0.3 is 0 Å². The molecular weight excluding hydrogens is 272 g/mol. The fourth-order valence-electron chi connectivity index (χ4n) is 2.42. The van der Waals surface area contributed by atoms with Crippen molar-refractivity contribution in [2.75, 3.05) is 38.8 Å². The van der Waals surface area contributed by atoms with E-state index in [0.717, 1.165) is 19.4 Å². The highest BCUT2D eigenvalue weighted by atomic mass is 16.7. The van der Waals surface area contributed by atoms with Crippen molar-refractivity contribution in [1.82, 2.24) is 15.3 Å². The summed E-state index contributed by atoms with van der Waals surface area (Å²) in [4.78, 5) is 22.8. The molecule has 1 atom stereocenters. The summed E-state index contributed by atoms with van der Waals surface area (Å²) in [5, 5.41) is 2.87. The second kappa shape index (κ2) is 7.90. The van der Waals surface area contributed by atoms with Crippen LogP contribution in [0.5, 0.6) is 0 Å². The van der Waals surface area contributed by atoms with Crippen LogP contribution in [0, 0.1) is 5.92 Å². The predicted molar refractivity (Wildman–Crippen MR) is 77.8 cm³/mol. The number of aromatic nitrogens is 2. The summed E-state index contributed by atoms with van der Waals surface area (Å²) in [5.74, 6) is 0.647. The summed E-state index contributed by atoms with van der Waals surface area (Å²) >= 11 is 0. The Labute approximate surface area is 124 Å². The Kier molecular flexibility index (Phi) is 5.89. The van der Waals surface area contributed by atoms with Crippen LogP contribution in [0.1, 0.15) is 12.8 Å². The zero-order valence-corrected chi connectivity index (χ0v) is 12.5. The average Bonchev–Trinajstić information content (AvgIpc) is 2.56. The first-order valence-electron chi connectivity index (χ1n) is 7.10. The summed E-state index contributed by atoms with van der Waals surface area (Å²) in [7, 11) is 3.10. The van der Waals surface area contributed by atoms with Crippen LogP contribution < -0.4 is 10.2 Å². The van der Waals surface area contributed by atoms with E-state index in [9.17, 15) is 4.79 Å². The van der Waals surface area contributed by atoms with Crippen LogP contribution in [-0.4, -0.2) is 56.0 Å². The maximum atomic E-state index is 12.2. The first-order chi connectivity index (χ1) is 10.2. The van der Waals surface area contributed by atoms with Gasteiger partial charge in [-0.3, -0.25) is 4.79 Å². The van der Waals surface area contributed by atoms with Crippen molar-refractivity contribution in [3.8, 4) is 0 Å². The highest BCUT2D eigenvalue weighted by Crippen LogP contribution is 2.20. The number of rotatable bonds is 6. The minimum Gasteiger partial charge on any atom is -0.354 e. The third kappa shape index (κ3) is 4.37. The Bertz CT molecular complexity index is 439. The molecule has 0 spiro atoms. The van der Waals surface area contributed by atoms with Crippen LogP contribution in [0.25, 0.3) is 0 Å². The van der Waals surface area contributed by atoms with Gasteiger partial charge in [0.15, 0.2) is 6.29 Å². The molecule has 7 heteroatoms. The zero-order valence-electron chi connectivity index (χ0n) is 12.5. The summed E-state index contributed by atoms with van der Waals surface area (Å²) in [5.41, 5.74) is 0. The molecule has 1 fully saturated rings. The molecule has 1 aromatic rings. The summed E-state index contributed by atoms with van der Waals surface area (Å²) in [6.45, 7) is 1.87. The highest BCUT2D eigenvalue weighted by molar-refractivity contribution is 5.79. The molecule has 7 nitrogen and oxygen atoms in total. The summed E-state index contributed by atoms with van der Waals surface area (Å²) < 4.78 is 10.1. The molecule has 1 N–H and O–H groups in total. The first kappa shape index (κ1) is 15.7. The van der Waals surface area contributed by atoms with E-state index in [-0.39, 0.29) is 11.8 Å². The second-order valence-corrected chi connectivity index (χ2v) is 4.98. The van der Waals surface area contributed by atoms with Crippen molar-refractivity contribution < 1.29 is 14.3 Å². The Morgan fingerprint density at radius 1 is 1.43 bits per heavy atom. The van der Waals surface area contributed by atoms with E-state index >= 15 is 0 Å². The maximum Gasteiger partial charge on any atom is 0.225 e. The van der Waals surface area contributed by atoms with E-state index in [1.54, 1.807) is 32.7 Å². The lowest BCUT2D eigenvalue weighted by atomic mass is 9.97. The van der Waals surface area contributed by atoms with Crippen molar-refractivity contribution in [1.29, 1.82) is 0 Å². The van der Waals surface area contributed by atoms with Gasteiger partial charge in [-0.2, -0.15) is 0 Å². The van der Waals surface area contributed by atoms with Crippen molar-refractivity contribution in [2.45, 2.75) is 19.1 Å². The number of amides is 1. The monoisotopic (exact) mass is 294 g/mol. The van der Waals surface area contributed by atoms with E-state index in [1.165, 1.54) is 0 Å². The van der Waals surface area contributed by atoms with E-state index in [0.29, 0.717) is 19.0 Å². The molecule has 1 aromatic heterocycles. The van der Waals surface area contributed by atoms with E-state index in [4.69, 9.17) is 9.47 Å². The number of carbonyl (C=O) groups is 1.